The van der Waals surface area contributed by atoms with Gasteiger partial charge in [0.05, 0.1) is 30.9 Å². The maximum absolute atomic E-state index is 6.13. The van der Waals surface area contributed by atoms with E-state index in [0.717, 1.165) is 18.1 Å². The Balaban J connectivity index is 0.00000280. The summed E-state index contributed by atoms with van der Waals surface area (Å²) < 4.78 is 13.4. The van der Waals surface area contributed by atoms with Crippen LogP contribution in [0, 0.1) is 0 Å². The van der Waals surface area contributed by atoms with Gasteiger partial charge in [0.1, 0.15) is 23.5 Å². The van der Waals surface area contributed by atoms with Gasteiger partial charge in [-0.2, -0.15) is 5.10 Å². The summed E-state index contributed by atoms with van der Waals surface area (Å²) in [4.78, 5) is 6.55. The number of morpholine rings is 1. The summed E-state index contributed by atoms with van der Waals surface area (Å²) in [5.41, 5.74) is 1.07. The van der Waals surface area contributed by atoms with Gasteiger partial charge < -0.3 is 19.7 Å². The number of aromatic nitrogens is 2. The van der Waals surface area contributed by atoms with E-state index in [2.05, 4.69) is 20.3 Å². The molecule has 28 heavy (non-hydrogen) atoms. The molecule has 1 unspecified atom stereocenters. The standard InChI is InChI=1S/C18H23Cl2N5O2.HI/c1-21-18(22-6-8-26-15-5-3-4-14(19)17(15)20)25-7-9-27-16(12-25)13-10-23-24(2)11-13;/h3-5,10-11,16H,6-9,12H2,1-2H3,(H,21,22);1H. The molecule has 1 saturated heterocycles. The van der Waals surface area contributed by atoms with Gasteiger partial charge in [0, 0.05) is 32.4 Å². The second kappa shape index (κ2) is 11.1. The summed E-state index contributed by atoms with van der Waals surface area (Å²) in [6.45, 7) is 3.15. The number of hydrogen-bond acceptors (Lipinski definition) is 4. The monoisotopic (exact) mass is 539 g/mol. The van der Waals surface area contributed by atoms with Crippen molar-refractivity contribution in [2.45, 2.75) is 6.10 Å². The lowest BCUT2D eigenvalue weighted by molar-refractivity contribution is -0.00805. The van der Waals surface area contributed by atoms with Crippen molar-refractivity contribution in [3.05, 3.63) is 46.2 Å². The van der Waals surface area contributed by atoms with E-state index in [1.165, 1.54) is 0 Å². The molecule has 1 fully saturated rings. The van der Waals surface area contributed by atoms with Crippen LogP contribution in [0.3, 0.4) is 0 Å². The van der Waals surface area contributed by atoms with Crippen molar-refractivity contribution in [1.82, 2.24) is 20.0 Å². The highest BCUT2D eigenvalue weighted by molar-refractivity contribution is 14.0. The van der Waals surface area contributed by atoms with Crippen molar-refractivity contribution in [2.24, 2.45) is 12.0 Å². The third-order valence-corrected chi connectivity index (χ3v) is 5.03. The quantitative estimate of drug-likeness (QED) is 0.273. The molecule has 2 heterocycles. The Bertz CT molecular complexity index is 802. The highest BCUT2D eigenvalue weighted by atomic mass is 127. The molecule has 10 heteroatoms. The number of guanidine groups is 1. The van der Waals surface area contributed by atoms with Crippen LogP contribution in [0.1, 0.15) is 11.7 Å². The Morgan fingerprint density at radius 3 is 2.96 bits per heavy atom. The fraction of sp³-hybridized carbons (Fsp3) is 0.444. The van der Waals surface area contributed by atoms with Gasteiger partial charge in [-0.05, 0) is 12.1 Å². The average Bonchev–Trinajstić information content (AvgIpc) is 3.11. The molecule has 7 nitrogen and oxygen atoms in total. The van der Waals surface area contributed by atoms with E-state index in [1.807, 2.05) is 25.5 Å². The minimum absolute atomic E-state index is 0. The molecule has 0 amide bonds. The molecule has 1 atom stereocenters. The van der Waals surface area contributed by atoms with Crippen molar-refractivity contribution in [2.75, 3.05) is 39.9 Å². The summed E-state index contributed by atoms with van der Waals surface area (Å²) in [5, 5.41) is 8.45. The first-order valence-electron chi connectivity index (χ1n) is 8.71. The van der Waals surface area contributed by atoms with Gasteiger partial charge in [0.2, 0.25) is 0 Å². The molecular weight excluding hydrogens is 516 g/mol. The van der Waals surface area contributed by atoms with Crippen molar-refractivity contribution in [3.8, 4) is 5.75 Å². The lowest BCUT2D eigenvalue weighted by Gasteiger charge is -2.34. The Labute approximate surface area is 192 Å². The molecule has 0 aliphatic carbocycles. The number of ether oxygens (including phenoxy) is 2. The maximum Gasteiger partial charge on any atom is 0.193 e. The number of nitrogens with zero attached hydrogens (tertiary/aromatic N) is 4. The molecule has 1 aliphatic heterocycles. The van der Waals surface area contributed by atoms with Crippen LogP contribution in [0.2, 0.25) is 10.0 Å². The molecule has 2 aromatic rings. The van der Waals surface area contributed by atoms with Gasteiger partial charge in [0.15, 0.2) is 5.96 Å². The molecule has 1 aliphatic rings. The lowest BCUT2D eigenvalue weighted by Crippen LogP contribution is -2.48. The van der Waals surface area contributed by atoms with Gasteiger partial charge >= 0.3 is 0 Å². The van der Waals surface area contributed by atoms with Gasteiger partial charge in [-0.3, -0.25) is 9.67 Å². The van der Waals surface area contributed by atoms with E-state index in [4.69, 9.17) is 32.7 Å². The predicted octanol–water partition coefficient (Wildman–Crippen LogP) is 3.37. The molecule has 1 N–H and O–H groups in total. The maximum atomic E-state index is 6.13. The topological polar surface area (TPSA) is 63.9 Å². The first-order valence-corrected chi connectivity index (χ1v) is 9.46. The Kier molecular flexibility index (Phi) is 9.13. The number of nitrogens with one attached hydrogen (secondary N) is 1. The van der Waals surface area contributed by atoms with Crippen LogP contribution in [0.4, 0.5) is 0 Å². The zero-order chi connectivity index (χ0) is 19.2. The zero-order valence-electron chi connectivity index (χ0n) is 15.8. The fourth-order valence-electron chi connectivity index (χ4n) is 2.90. The molecule has 1 aromatic heterocycles. The summed E-state index contributed by atoms with van der Waals surface area (Å²) >= 11 is 12.1. The van der Waals surface area contributed by atoms with E-state index in [1.54, 1.807) is 23.9 Å². The molecule has 0 radical (unpaired) electrons. The molecule has 154 valence electrons. The van der Waals surface area contributed by atoms with Crippen LogP contribution in [0.5, 0.6) is 5.75 Å². The second-order valence-electron chi connectivity index (χ2n) is 6.13. The minimum Gasteiger partial charge on any atom is -0.490 e. The third-order valence-electron chi connectivity index (χ3n) is 4.23. The van der Waals surface area contributed by atoms with Crippen LogP contribution in [0.25, 0.3) is 0 Å². The van der Waals surface area contributed by atoms with Crippen molar-refractivity contribution in [3.63, 3.8) is 0 Å². The van der Waals surface area contributed by atoms with E-state index < -0.39 is 0 Å². The number of halogens is 3. The number of aryl methyl sites for hydroxylation is 1. The SMILES string of the molecule is CN=C(NCCOc1cccc(Cl)c1Cl)N1CCOC(c2cnn(C)c2)C1.I. The summed E-state index contributed by atoms with van der Waals surface area (Å²) in [6, 6.07) is 5.33. The van der Waals surface area contributed by atoms with E-state index >= 15 is 0 Å². The Morgan fingerprint density at radius 2 is 2.25 bits per heavy atom. The van der Waals surface area contributed by atoms with Gasteiger partial charge in [-0.1, -0.05) is 29.3 Å². The van der Waals surface area contributed by atoms with Gasteiger partial charge in [-0.25, -0.2) is 0 Å². The van der Waals surface area contributed by atoms with Crippen molar-refractivity contribution >= 4 is 53.1 Å². The summed E-state index contributed by atoms with van der Waals surface area (Å²) in [7, 11) is 3.67. The van der Waals surface area contributed by atoms with E-state index in [0.29, 0.717) is 42.1 Å². The minimum atomic E-state index is -0.0208. The second-order valence-corrected chi connectivity index (χ2v) is 6.91. The van der Waals surface area contributed by atoms with Crippen molar-refractivity contribution < 1.29 is 9.47 Å². The van der Waals surface area contributed by atoms with Crippen molar-refractivity contribution in [1.29, 1.82) is 0 Å². The number of aliphatic imine (C=N–C) groups is 1. The molecule has 0 saturated carbocycles. The fourth-order valence-corrected chi connectivity index (χ4v) is 3.25. The van der Waals surface area contributed by atoms with Crippen LogP contribution >= 0.6 is 47.2 Å². The zero-order valence-corrected chi connectivity index (χ0v) is 19.6. The normalized spacial score (nSPS) is 17.2. The molecule has 0 bridgehead atoms. The van der Waals surface area contributed by atoms with E-state index in [-0.39, 0.29) is 30.1 Å². The molecule has 3 rings (SSSR count). The van der Waals surface area contributed by atoms with Gasteiger partial charge in [-0.15, -0.1) is 24.0 Å². The largest absolute Gasteiger partial charge is 0.490 e. The number of hydrogen-bond donors (Lipinski definition) is 1. The van der Waals surface area contributed by atoms with Crippen LogP contribution in [0.15, 0.2) is 35.6 Å². The molecular formula is C18H24Cl2IN5O2. The number of rotatable bonds is 5. The highest BCUT2D eigenvalue weighted by Gasteiger charge is 2.25. The average molecular weight is 540 g/mol. The summed E-state index contributed by atoms with van der Waals surface area (Å²) in [6.07, 6.45) is 3.80. The summed E-state index contributed by atoms with van der Waals surface area (Å²) in [5.74, 6) is 1.39. The smallest absolute Gasteiger partial charge is 0.193 e. The molecule has 0 spiro atoms. The Morgan fingerprint density at radius 1 is 1.43 bits per heavy atom. The van der Waals surface area contributed by atoms with Crippen LogP contribution < -0.4 is 10.1 Å². The first kappa shape index (κ1) is 23.1. The van der Waals surface area contributed by atoms with Gasteiger partial charge in [0.25, 0.3) is 0 Å². The van der Waals surface area contributed by atoms with Crippen LogP contribution in [-0.2, 0) is 11.8 Å². The predicted molar refractivity (Wildman–Crippen MR) is 122 cm³/mol. The first-order chi connectivity index (χ1) is 13.1. The third kappa shape index (κ3) is 5.88. The lowest BCUT2D eigenvalue weighted by atomic mass is 10.1. The Hall–Kier alpha value is -1.23. The van der Waals surface area contributed by atoms with E-state index in [9.17, 15) is 0 Å². The highest BCUT2D eigenvalue weighted by Crippen LogP contribution is 2.31. The van der Waals surface area contributed by atoms with Crippen LogP contribution in [-0.4, -0.2) is 60.5 Å². The molecule has 1 aromatic carbocycles. The number of benzene rings is 1.